The Hall–Kier alpha value is -3.51. The van der Waals surface area contributed by atoms with Crippen molar-refractivity contribution in [1.29, 1.82) is 0 Å². The number of nitrogens with zero attached hydrogens (tertiary/aromatic N) is 2. The highest BCUT2D eigenvalue weighted by Crippen LogP contribution is 2.60. The molecule has 3 fully saturated rings. The van der Waals surface area contributed by atoms with Gasteiger partial charge in [0.15, 0.2) is 0 Å². The van der Waals surface area contributed by atoms with E-state index in [4.69, 9.17) is 21.1 Å². The molecule has 0 aromatic heterocycles. The van der Waals surface area contributed by atoms with Gasteiger partial charge in [0.2, 0.25) is 11.8 Å². The third-order valence-electron chi connectivity index (χ3n) is 9.56. The molecule has 0 radical (unpaired) electrons. The lowest BCUT2D eigenvalue weighted by molar-refractivity contribution is -0.160. The third kappa shape index (κ3) is 7.65. The molecule has 2 N–H and O–H groups in total. The highest BCUT2D eigenvalue weighted by atomic mass is 79.9. The second-order valence-corrected chi connectivity index (χ2v) is 14.3. The molecule has 0 saturated carbocycles. The first-order chi connectivity index (χ1) is 23.7. The van der Waals surface area contributed by atoms with Crippen molar-refractivity contribution >= 4 is 56.9 Å². The Kier molecular flexibility index (Phi) is 12.4. The number of likely N-dealkylation sites (tertiary alicyclic amines) is 1. The molecule has 3 saturated heterocycles. The number of esters is 1. The Balaban J connectivity index is 1.47. The van der Waals surface area contributed by atoms with Crippen LogP contribution in [0.15, 0.2) is 79.9 Å². The van der Waals surface area contributed by atoms with Crippen LogP contribution in [0.5, 0.6) is 0 Å². The van der Waals surface area contributed by atoms with Crippen LogP contribution in [0.25, 0.3) is 0 Å². The topological polar surface area (TPSA) is 125 Å². The molecule has 3 amide bonds. The van der Waals surface area contributed by atoms with Crippen LogP contribution in [0.4, 0.5) is 5.69 Å². The van der Waals surface area contributed by atoms with Crippen LogP contribution in [0, 0.1) is 11.8 Å². The number of rotatable bonds is 17. The number of nitrogens with one attached hydrogen (secondary N) is 1. The van der Waals surface area contributed by atoms with Crippen molar-refractivity contribution in [1.82, 2.24) is 10.2 Å². The van der Waals surface area contributed by atoms with Crippen LogP contribution in [-0.4, -0.2) is 82.5 Å². The molecule has 1 spiro atoms. The molecular formula is C37H43BrClN3O7. The van der Waals surface area contributed by atoms with Crippen molar-refractivity contribution in [2.45, 2.75) is 67.2 Å². The predicted molar refractivity (Wildman–Crippen MR) is 190 cm³/mol. The maximum Gasteiger partial charge on any atom is 0.313 e. The number of allylic oxidation sites excluding steroid dienone is 1. The summed E-state index contributed by atoms with van der Waals surface area (Å²) in [4.78, 5) is 58.8. The number of unbranched alkanes of at least 4 members (excludes halogenated alkanes) is 2. The predicted octanol–water partition coefficient (Wildman–Crippen LogP) is 5.14. The summed E-state index contributed by atoms with van der Waals surface area (Å²) < 4.78 is 12.8. The summed E-state index contributed by atoms with van der Waals surface area (Å²) in [5, 5.41) is 12.7. The number of amides is 3. The van der Waals surface area contributed by atoms with Gasteiger partial charge >= 0.3 is 5.97 Å². The van der Waals surface area contributed by atoms with Crippen LogP contribution in [0.2, 0.25) is 5.02 Å². The number of halogens is 2. The minimum Gasteiger partial charge on any atom is -0.455 e. The number of fused-ring (bicyclic) bond motifs is 1. The van der Waals surface area contributed by atoms with Gasteiger partial charge in [-0.2, -0.15) is 0 Å². The number of aliphatic hydroxyl groups is 1. The van der Waals surface area contributed by atoms with Gasteiger partial charge in [-0.3, -0.25) is 19.2 Å². The van der Waals surface area contributed by atoms with E-state index in [0.717, 1.165) is 0 Å². The molecule has 3 aliphatic rings. The number of hydrogen-bond acceptors (Lipinski definition) is 7. The van der Waals surface area contributed by atoms with Crippen molar-refractivity contribution < 1.29 is 33.8 Å². The Labute approximate surface area is 300 Å². The number of benzene rings is 2. The molecule has 2 aromatic carbocycles. The smallest absolute Gasteiger partial charge is 0.313 e. The van der Waals surface area contributed by atoms with Gasteiger partial charge in [0.25, 0.3) is 5.91 Å². The molecule has 12 heteroatoms. The van der Waals surface area contributed by atoms with Crippen LogP contribution in [-0.2, 0) is 28.7 Å². The van der Waals surface area contributed by atoms with Crippen molar-refractivity contribution in [2.75, 3.05) is 31.1 Å². The highest BCUT2D eigenvalue weighted by molar-refractivity contribution is 9.09. The number of alkyl halides is 1. The monoisotopic (exact) mass is 755 g/mol. The SMILES string of the molecule is C=CCCC(=O)NC[C@H](OC(=O)[C@@H]1[C@H]2O[C@@]3(CC2Br)[C@H](C(=O)N(CC=C)c2ccc(Cl)cc2)N(CCCCCO)C(=O)[C@@H]13)c1ccccc1. The lowest BCUT2D eigenvalue weighted by atomic mass is 9.70. The normalized spacial score (nSPS) is 25.8. The number of ether oxygens (including phenoxy) is 2. The van der Waals surface area contributed by atoms with Gasteiger partial charge in [0.05, 0.1) is 24.5 Å². The fourth-order valence-electron chi connectivity index (χ4n) is 7.35. The first-order valence-electron chi connectivity index (χ1n) is 16.7. The highest BCUT2D eigenvalue weighted by Gasteiger charge is 2.77. The van der Waals surface area contributed by atoms with E-state index in [1.54, 1.807) is 46.2 Å². The van der Waals surface area contributed by atoms with E-state index >= 15 is 0 Å². The second-order valence-electron chi connectivity index (χ2n) is 12.7. The Morgan fingerprint density at radius 3 is 2.53 bits per heavy atom. The third-order valence-corrected chi connectivity index (χ3v) is 10.7. The summed E-state index contributed by atoms with van der Waals surface area (Å²) in [5.41, 5.74) is -0.0179. The largest absolute Gasteiger partial charge is 0.455 e. The van der Waals surface area contributed by atoms with E-state index in [2.05, 4.69) is 34.4 Å². The van der Waals surface area contributed by atoms with E-state index in [9.17, 15) is 24.3 Å². The van der Waals surface area contributed by atoms with E-state index in [1.165, 1.54) is 0 Å². The minimum absolute atomic E-state index is 0.0216. The molecule has 10 nitrogen and oxygen atoms in total. The maximum atomic E-state index is 14.7. The van der Waals surface area contributed by atoms with Crippen LogP contribution >= 0.6 is 27.5 Å². The van der Waals surface area contributed by atoms with Crippen molar-refractivity contribution in [3.8, 4) is 0 Å². The van der Waals surface area contributed by atoms with Crippen LogP contribution in [0.3, 0.4) is 0 Å². The van der Waals surface area contributed by atoms with Crippen LogP contribution < -0.4 is 10.2 Å². The summed E-state index contributed by atoms with van der Waals surface area (Å²) in [6.45, 7) is 8.01. The molecule has 2 aromatic rings. The Bertz CT molecular complexity index is 1530. The zero-order valence-electron chi connectivity index (χ0n) is 27.3. The van der Waals surface area contributed by atoms with E-state index < -0.39 is 41.7 Å². The average molecular weight is 757 g/mol. The molecule has 5 rings (SSSR count). The maximum absolute atomic E-state index is 14.7. The number of carbonyl (C=O) groups is 4. The molecule has 0 aliphatic carbocycles. The van der Waals surface area contributed by atoms with Crippen molar-refractivity contribution in [3.63, 3.8) is 0 Å². The van der Waals surface area contributed by atoms with Crippen molar-refractivity contribution in [2.24, 2.45) is 11.8 Å². The van der Waals surface area contributed by atoms with E-state index in [0.29, 0.717) is 48.4 Å². The second kappa shape index (κ2) is 16.5. The standard InChI is InChI=1S/C37H43BrClN3O7/c1-3-5-14-29(44)40-23-28(24-12-8-6-9-13-24)48-36(47)30-31-34(45)42(20-10-7-11-21-43)33(37(31)22-27(38)32(30)49-37)35(46)41(19-4-2)26-17-15-25(39)16-18-26/h3-4,6,8-9,12-13,15-18,27-28,30-33,43H,1-2,5,7,10-11,14,19-23H2,(H,40,44)/t27?,28-,30-,31+,32-,33-,37+/m0/s1. The van der Waals surface area contributed by atoms with Gasteiger partial charge in [0.1, 0.15) is 17.7 Å². The molecule has 49 heavy (non-hydrogen) atoms. The Morgan fingerprint density at radius 2 is 1.86 bits per heavy atom. The molecular weight excluding hydrogens is 714 g/mol. The van der Waals surface area contributed by atoms with Gasteiger partial charge in [-0.05, 0) is 61.9 Å². The first-order valence-corrected chi connectivity index (χ1v) is 18.0. The lowest BCUT2D eigenvalue weighted by Crippen LogP contribution is -2.57. The molecule has 3 heterocycles. The summed E-state index contributed by atoms with van der Waals surface area (Å²) in [7, 11) is 0. The fourth-order valence-corrected chi connectivity index (χ4v) is 8.42. The summed E-state index contributed by atoms with van der Waals surface area (Å²) in [5.74, 6) is -3.46. The Morgan fingerprint density at radius 1 is 1.12 bits per heavy atom. The van der Waals surface area contributed by atoms with Gasteiger partial charge < -0.3 is 29.7 Å². The summed E-state index contributed by atoms with van der Waals surface area (Å²) in [6.07, 6.45) is 4.62. The number of carbonyl (C=O) groups excluding carboxylic acids is 4. The van der Waals surface area contributed by atoms with Gasteiger partial charge in [-0.25, -0.2) is 0 Å². The van der Waals surface area contributed by atoms with Crippen LogP contribution in [0.1, 0.15) is 50.2 Å². The summed E-state index contributed by atoms with van der Waals surface area (Å²) in [6, 6.07) is 14.9. The van der Waals surface area contributed by atoms with E-state index in [-0.39, 0.29) is 55.2 Å². The zero-order valence-corrected chi connectivity index (χ0v) is 29.7. The number of anilines is 1. The first kappa shape index (κ1) is 36.8. The summed E-state index contributed by atoms with van der Waals surface area (Å²) >= 11 is 9.87. The fraction of sp³-hybridized carbons (Fsp3) is 0.459. The van der Waals surface area contributed by atoms with Crippen molar-refractivity contribution in [3.05, 3.63) is 90.5 Å². The molecule has 2 bridgehead atoms. The lowest BCUT2D eigenvalue weighted by Gasteiger charge is -2.37. The zero-order chi connectivity index (χ0) is 35.1. The number of hydrogen-bond donors (Lipinski definition) is 2. The van der Waals surface area contributed by atoms with Gasteiger partial charge in [0, 0.05) is 41.7 Å². The quantitative estimate of drug-likeness (QED) is 0.0993. The average Bonchev–Trinajstić information content (AvgIpc) is 3.70. The van der Waals surface area contributed by atoms with E-state index in [1.807, 2.05) is 30.3 Å². The van der Waals surface area contributed by atoms with Gasteiger partial charge in [-0.15, -0.1) is 13.2 Å². The molecule has 1 unspecified atom stereocenters. The molecule has 7 atom stereocenters. The number of aliphatic hydroxyl groups excluding tert-OH is 1. The molecule has 262 valence electrons. The minimum atomic E-state index is -1.29. The van der Waals surface area contributed by atoms with Gasteiger partial charge in [-0.1, -0.05) is 70.0 Å². The molecule has 3 aliphatic heterocycles.